The lowest BCUT2D eigenvalue weighted by Gasteiger charge is -2.30. The van der Waals surface area contributed by atoms with E-state index in [9.17, 15) is 4.79 Å². The molecule has 1 amide bonds. The van der Waals surface area contributed by atoms with Crippen molar-refractivity contribution in [2.24, 2.45) is 7.05 Å². The van der Waals surface area contributed by atoms with Crippen molar-refractivity contribution in [2.45, 2.75) is 39.8 Å². The molecule has 0 radical (unpaired) electrons. The Bertz CT molecular complexity index is 1020. The summed E-state index contributed by atoms with van der Waals surface area (Å²) in [4.78, 5) is 25.3. The van der Waals surface area contributed by atoms with Crippen molar-refractivity contribution in [1.29, 1.82) is 0 Å². The average molecular weight is 397 g/mol. The van der Waals surface area contributed by atoms with Crippen molar-refractivity contribution in [3.8, 4) is 11.4 Å². The number of fused-ring (bicyclic) bond motifs is 1. The summed E-state index contributed by atoms with van der Waals surface area (Å²) >= 11 is 1.50. The lowest BCUT2D eigenvalue weighted by Crippen LogP contribution is -2.37. The number of carbonyl (C=O) groups is 1. The second kappa shape index (κ2) is 7.35. The summed E-state index contributed by atoms with van der Waals surface area (Å²) in [6.45, 7) is 7.33. The molecule has 0 bridgehead atoms. The Kier molecular flexibility index (Phi) is 4.89. The van der Waals surface area contributed by atoms with Gasteiger partial charge in [0.25, 0.3) is 5.91 Å². The molecule has 0 saturated heterocycles. The topological polar surface area (TPSA) is 75.9 Å². The number of hydrogen-bond acceptors (Lipinski definition) is 6. The quantitative estimate of drug-likeness (QED) is 0.732. The maximum Gasteiger partial charge on any atom is 0.264 e. The molecule has 4 rings (SSSR count). The third-order valence-electron chi connectivity index (χ3n) is 4.79. The van der Waals surface area contributed by atoms with E-state index in [4.69, 9.17) is 9.97 Å². The zero-order chi connectivity index (χ0) is 19.8. The molecule has 0 atom stereocenters. The maximum atomic E-state index is 13.0. The van der Waals surface area contributed by atoms with Crippen LogP contribution in [0.3, 0.4) is 0 Å². The van der Waals surface area contributed by atoms with Gasteiger partial charge in [-0.1, -0.05) is 0 Å². The zero-order valence-electron chi connectivity index (χ0n) is 16.6. The lowest BCUT2D eigenvalue weighted by atomic mass is 10.0. The molecular formula is C20H24N6OS. The molecule has 0 saturated carbocycles. The van der Waals surface area contributed by atoms with Crippen molar-refractivity contribution in [1.82, 2.24) is 24.6 Å². The van der Waals surface area contributed by atoms with Crippen molar-refractivity contribution < 1.29 is 4.79 Å². The molecule has 28 heavy (non-hydrogen) atoms. The van der Waals surface area contributed by atoms with Crippen LogP contribution in [0.5, 0.6) is 0 Å². The Balaban J connectivity index is 1.70. The maximum absolute atomic E-state index is 13.0. The van der Waals surface area contributed by atoms with Gasteiger partial charge >= 0.3 is 0 Å². The highest BCUT2D eigenvalue weighted by Gasteiger charge is 2.28. The van der Waals surface area contributed by atoms with Crippen LogP contribution in [0.2, 0.25) is 0 Å². The van der Waals surface area contributed by atoms with Gasteiger partial charge in [-0.25, -0.2) is 9.97 Å². The molecule has 8 heteroatoms. The lowest BCUT2D eigenvalue weighted by molar-refractivity contribution is 0.0738. The average Bonchev–Trinajstić information content (AvgIpc) is 3.28. The third kappa shape index (κ3) is 3.52. The fourth-order valence-corrected chi connectivity index (χ4v) is 4.27. The normalized spacial score (nSPS) is 13.7. The minimum absolute atomic E-state index is 0.0879. The first-order valence-electron chi connectivity index (χ1n) is 9.41. The van der Waals surface area contributed by atoms with Gasteiger partial charge in [0.2, 0.25) is 0 Å². The van der Waals surface area contributed by atoms with E-state index in [-0.39, 0.29) is 11.9 Å². The summed E-state index contributed by atoms with van der Waals surface area (Å²) in [5.41, 5.74) is 3.94. The predicted molar refractivity (Wildman–Crippen MR) is 110 cm³/mol. The molecule has 3 aromatic rings. The molecular weight excluding hydrogens is 372 g/mol. The first-order valence-corrected chi connectivity index (χ1v) is 10.3. The zero-order valence-corrected chi connectivity index (χ0v) is 17.4. The van der Waals surface area contributed by atoms with E-state index < -0.39 is 0 Å². The highest BCUT2D eigenvalue weighted by molar-refractivity contribution is 7.12. The first kappa shape index (κ1) is 18.6. The van der Waals surface area contributed by atoms with E-state index in [2.05, 4.69) is 24.3 Å². The van der Waals surface area contributed by atoms with Crippen LogP contribution in [0.1, 0.15) is 40.3 Å². The summed E-state index contributed by atoms with van der Waals surface area (Å²) in [5, 5.41) is 9.64. The van der Waals surface area contributed by atoms with Crippen LogP contribution in [0.4, 0.5) is 5.82 Å². The molecule has 0 spiro atoms. The fraction of sp³-hybridized carbons (Fsp3) is 0.400. The largest absolute Gasteiger partial charge is 0.367 e. The van der Waals surface area contributed by atoms with E-state index in [1.165, 1.54) is 11.3 Å². The molecule has 0 fully saturated rings. The van der Waals surface area contributed by atoms with E-state index in [1.54, 1.807) is 10.9 Å². The van der Waals surface area contributed by atoms with Gasteiger partial charge in [0, 0.05) is 37.8 Å². The summed E-state index contributed by atoms with van der Waals surface area (Å²) in [6, 6.07) is 2.22. The predicted octanol–water partition coefficient (Wildman–Crippen LogP) is 3.27. The number of rotatable bonds is 4. The molecule has 1 aliphatic heterocycles. The van der Waals surface area contributed by atoms with Gasteiger partial charge < -0.3 is 10.2 Å². The van der Waals surface area contributed by atoms with Gasteiger partial charge in [-0.2, -0.15) is 5.10 Å². The SMILES string of the molecule is Cc1ccsc1C(=O)N1CCc2nc(-c3cnn(C)c3)nc(NC(C)C)c2C1. The number of nitrogens with zero attached hydrogens (tertiary/aromatic N) is 5. The smallest absolute Gasteiger partial charge is 0.264 e. The minimum atomic E-state index is 0.0879. The number of amides is 1. The van der Waals surface area contributed by atoms with Gasteiger partial charge in [-0.15, -0.1) is 11.3 Å². The van der Waals surface area contributed by atoms with Crippen molar-refractivity contribution >= 4 is 23.1 Å². The van der Waals surface area contributed by atoms with E-state index in [0.717, 1.165) is 33.1 Å². The fourth-order valence-electron chi connectivity index (χ4n) is 3.38. The van der Waals surface area contributed by atoms with E-state index in [0.29, 0.717) is 25.3 Å². The van der Waals surface area contributed by atoms with Crippen LogP contribution >= 0.6 is 11.3 Å². The van der Waals surface area contributed by atoms with Crippen molar-refractivity contribution in [3.05, 3.63) is 45.5 Å². The molecule has 4 heterocycles. The second-order valence-corrected chi connectivity index (χ2v) is 8.35. The highest BCUT2D eigenvalue weighted by atomic mass is 32.1. The second-order valence-electron chi connectivity index (χ2n) is 7.43. The number of thiophene rings is 1. The number of aromatic nitrogens is 4. The van der Waals surface area contributed by atoms with Crippen LogP contribution in [-0.4, -0.2) is 43.1 Å². The molecule has 146 valence electrons. The number of carbonyl (C=O) groups excluding carboxylic acids is 1. The Labute approximate surface area is 168 Å². The Morgan fingerprint density at radius 1 is 1.32 bits per heavy atom. The number of aryl methyl sites for hydroxylation is 2. The number of nitrogens with one attached hydrogen (secondary N) is 1. The van der Waals surface area contributed by atoms with Crippen LogP contribution in [0.25, 0.3) is 11.4 Å². The molecule has 0 aromatic carbocycles. The summed E-state index contributed by atoms with van der Waals surface area (Å²) in [7, 11) is 1.88. The molecule has 1 N–H and O–H groups in total. The Morgan fingerprint density at radius 3 is 2.79 bits per heavy atom. The Hall–Kier alpha value is -2.74. The van der Waals surface area contributed by atoms with Crippen molar-refractivity contribution in [2.75, 3.05) is 11.9 Å². The standard InChI is InChI=1S/C20H24N6OS/c1-12(2)22-19-15-11-26(20(27)17-13(3)6-8-28-17)7-5-16(15)23-18(24-19)14-9-21-25(4)10-14/h6,8-10,12H,5,7,11H2,1-4H3,(H,22,23,24). The number of anilines is 1. The van der Waals surface area contributed by atoms with Gasteiger partial charge in [-0.05, 0) is 37.8 Å². The highest BCUT2D eigenvalue weighted by Crippen LogP contribution is 2.29. The summed E-state index contributed by atoms with van der Waals surface area (Å²) in [5.74, 6) is 1.56. The summed E-state index contributed by atoms with van der Waals surface area (Å²) < 4.78 is 1.75. The van der Waals surface area contributed by atoms with Gasteiger partial charge in [0.1, 0.15) is 5.82 Å². The molecule has 1 aliphatic rings. The monoisotopic (exact) mass is 396 g/mol. The minimum Gasteiger partial charge on any atom is -0.367 e. The van der Waals surface area contributed by atoms with Gasteiger partial charge in [0.05, 0.1) is 28.9 Å². The first-order chi connectivity index (χ1) is 13.4. The Morgan fingerprint density at radius 2 is 2.14 bits per heavy atom. The van der Waals surface area contributed by atoms with Crippen molar-refractivity contribution in [3.63, 3.8) is 0 Å². The third-order valence-corrected chi connectivity index (χ3v) is 5.80. The van der Waals surface area contributed by atoms with Crippen LogP contribution in [0, 0.1) is 6.92 Å². The number of hydrogen-bond donors (Lipinski definition) is 1. The van der Waals surface area contributed by atoms with Gasteiger partial charge in [0.15, 0.2) is 5.82 Å². The van der Waals surface area contributed by atoms with E-state index >= 15 is 0 Å². The van der Waals surface area contributed by atoms with E-state index in [1.807, 2.05) is 36.5 Å². The van der Waals surface area contributed by atoms with Crippen LogP contribution in [-0.2, 0) is 20.0 Å². The molecule has 0 aliphatic carbocycles. The molecule has 0 unspecified atom stereocenters. The molecule has 3 aromatic heterocycles. The summed E-state index contributed by atoms with van der Waals surface area (Å²) in [6.07, 6.45) is 4.41. The van der Waals surface area contributed by atoms with Crippen LogP contribution < -0.4 is 5.32 Å². The van der Waals surface area contributed by atoms with Gasteiger partial charge in [-0.3, -0.25) is 9.48 Å². The molecule has 7 nitrogen and oxygen atoms in total. The van der Waals surface area contributed by atoms with Crippen LogP contribution in [0.15, 0.2) is 23.8 Å².